The van der Waals surface area contributed by atoms with Crippen LogP contribution in [0.1, 0.15) is 43.2 Å². The molecule has 1 fully saturated rings. The van der Waals surface area contributed by atoms with Crippen molar-refractivity contribution in [1.29, 1.82) is 0 Å². The lowest BCUT2D eigenvalue weighted by atomic mass is 10.00. The van der Waals surface area contributed by atoms with Gasteiger partial charge in [-0.05, 0) is 41.8 Å². The predicted molar refractivity (Wildman–Crippen MR) is 60.4 cm³/mol. The van der Waals surface area contributed by atoms with Gasteiger partial charge in [-0.3, -0.25) is 0 Å². The third-order valence-electron chi connectivity index (χ3n) is 3.26. The van der Waals surface area contributed by atoms with Gasteiger partial charge in [-0.1, -0.05) is 38.1 Å². The minimum absolute atomic E-state index is 0.633. The fourth-order valence-electron chi connectivity index (χ4n) is 2.04. The second kappa shape index (κ2) is 3.74. The van der Waals surface area contributed by atoms with Gasteiger partial charge < -0.3 is 5.73 Å². The molecular weight excluding hydrogens is 170 g/mol. The highest BCUT2D eigenvalue weighted by Gasteiger charge is 2.36. The van der Waals surface area contributed by atoms with Crippen molar-refractivity contribution in [3.8, 4) is 0 Å². The molecule has 0 bridgehead atoms. The molecule has 76 valence electrons. The highest BCUT2D eigenvalue weighted by atomic mass is 14.6. The van der Waals surface area contributed by atoms with Crippen LogP contribution in [0.15, 0.2) is 24.3 Å². The summed E-state index contributed by atoms with van der Waals surface area (Å²) in [5.74, 6) is 2.13. The largest absolute Gasteiger partial charge is 0.330 e. The molecule has 0 aromatic heterocycles. The molecule has 0 spiro atoms. The van der Waals surface area contributed by atoms with E-state index in [1.165, 1.54) is 17.5 Å². The number of rotatable bonds is 3. The molecule has 0 amide bonds. The van der Waals surface area contributed by atoms with Crippen molar-refractivity contribution in [1.82, 2.24) is 0 Å². The van der Waals surface area contributed by atoms with E-state index in [-0.39, 0.29) is 0 Å². The first-order chi connectivity index (χ1) is 6.72. The molecule has 14 heavy (non-hydrogen) atoms. The summed E-state index contributed by atoms with van der Waals surface area (Å²) in [5.41, 5.74) is 8.55. The zero-order valence-electron chi connectivity index (χ0n) is 9.03. The van der Waals surface area contributed by atoms with Crippen molar-refractivity contribution in [3.05, 3.63) is 35.4 Å². The second-order valence-electron chi connectivity index (χ2n) is 4.66. The fraction of sp³-hybridized carbons (Fsp3) is 0.538. The summed E-state index contributed by atoms with van der Waals surface area (Å²) in [7, 11) is 0. The van der Waals surface area contributed by atoms with Gasteiger partial charge in [0.05, 0.1) is 0 Å². The molecule has 2 atom stereocenters. The summed E-state index contributed by atoms with van der Waals surface area (Å²) in [6.45, 7) is 5.31. The van der Waals surface area contributed by atoms with Crippen LogP contribution in [-0.4, -0.2) is 6.54 Å². The molecule has 0 heterocycles. The van der Waals surface area contributed by atoms with E-state index in [1.54, 1.807) is 0 Å². The van der Waals surface area contributed by atoms with Gasteiger partial charge in [-0.15, -0.1) is 0 Å². The zero-order chi connectivity index (χ0) is 10.1. The van der Waals surface area contributed by atoms with E-state index < -0.39 is 0 Å². The van der Waals surface area contributed by atoms with E-state index in [1.807, 2.05) is 0 Å². The zero-order valence-corrected chi connectivity index (χ0v) is 9.03. The van der Waals surface area contributed by atoms with Crippen LogP contribution < -0.4 is 5.73 Å². The number of hydrogen-bond acceptors (Lipinski definition) is 1. The molecule has 1 aliphatic rings. The van der Waals surface area contributed by atoms with Crippen molar-refractivity contribution in [2.75, 3.05) is 6.54 Å². The SMILES string of the molecule is CC(C)c1ccc(C2CC2CN)cc1. The van der Waals surface area contributed by atoms with Gasteiger partial charge in [-0.2, -0.15) is 0 Å². The molecule has 2 rings (SSSR count). The number of hydrogen-bond donors (Lipinski definition) is 1. The molecule has 1 heteroatoms. The standard InChI is InChI=1S/C13H19N/c1-9(2)10-3-5-11(6-4-10)13-7-12(13)8-14/h3-6,9,12-13H,7-8,14H2,1-2H3. The molecule has 1 saturated carbocycles. The molecule has 0 aliphatic heterocycles. The van der Waals surface area contributed by atoms with Gasteiger partial charge in [-0.25, -0.2) is 0 Å². The molecule has 1 aliphatic carbocycles. The molecule has 0 radical (unpaired) electrons. The summed E-state index contributed by atoms with van der Waals surface area (Å²) in [4.78, 5) is 0. The summed E-state index contributed by atoms with van der Waals surface area (Å²) in [6.07, 6.45) is 1.29. The van der Waals surface area contributed by atoms with Crippen LogP contribution in [0.5, 0.6) is 0 Å². The Hall–Kier alpha value is -0.820. The normalized spacial score (nSPS) is 25.4. The first-order valence-electron chi connectivity index (χ1n) is 5.52. The van der Waals surface area contributed by atoms with Crippen LogP contribution >= 0.6 is 0 Å². The van der Waals surface area contributed by atoms with Crippen LogP contribution in [0.2, 0.25) is 0 Å². The Bertz CT molecular complexity index is 300. The minimum Gasteiger partial charge on any atom is -0.330 e. The van der Waals surface area contributed by atoms with Gasteiger partial charge in [0.1, 0.15) is 0 Å². The highest BCUT2D eigenvalue weighted by molar-refractivity contribution is 5.30. The Morgan fingerprint density at radius 2 is 1.93 bits per heavy atom. The lowest BCUT2D eigenvalue weighted by molar-refractivity contribution is 0.808. The lowest BCUT2D eigenvalue weighted by Gasteiger charge is -2.06. The topological polar surface area (TPSA) is 26.0 Å². The van der Waals surface area contributed by atoms with Crippen LogP contribution in [0.25, 0.3) is 0 Å². The molecule has 0 saturated heterocycles. The first-order valence-corrected chi connectivity index (χ1v) is 5.52. The van der Waals surface area contributed by atoms with Crippen molar-refractivity contribution >= 4 is 0 Å². The van der Waals surface area contributed by atoms with E-state index in [2.05, 4.69) is 38.1 Å². The van der Waals surface area contributed by atoms with Gasteiger partial charge in [0, 0.05) is 0 Å². The van der Waals surface area contributed by atoms with Crippen molar-refractivity contribution in [2.24, 2.45) is 11.7 Å². The Kier molecular flexibility index (Phi) is 2.60. The van der Waals surface area contributed by atoms with Gasteiger partial charge >= 0.3 is 0 Å². The first kappa shape index (κ1) is 9.72. The van der Waals surface area contributed by atoms with E-state index in [0.717, 1.165) is 18.4 Å². The van der Waals surface area contributed by atoms with Crippen LogP contribution in [0.4, 0.5) is 0 Å². The van der Waals surface area contributed by atoms with Crippen LogP contribution in [-0.2, 0) is 0 Å². The number of benzene rings is 1. The Morgan fingerprint density at radius 1 is 1.29 bits per heavy atom. The maximum absolute atomic E-state index is 5.64. The monoisotopic (exact) mass is 189 g/mol. The second-order valence-corrected chi connectivity index (χ2v) is 4.66. The number of nitrogens with two attached hydrogens (primary N) is 1. The molecule has 1 aromatic carbocycles. The van der Waals surface area contributed by atoms with E-state index >= 15 is 0 Å². The van der Waals surface area contributed by atoms with Gasteiger partial charge in [0.2, 0.25) is 0 Å². The summed E-state index contributed by atoms with van der Waals surface area (Å²) >= 11 is 0. The quantitative estimate of drug-likeness (QED) is 0.777. The Labute approximate surface area is 86.3 Å². The molecule has 1 aromatic rings. The minimum atomic E-state index is 0.633. The van der Waals surface area contributed by atoms with Crippen molar-refractivity contribution in [3.63, 3.8) is 0 Å². The molecule has 1 nitrogen and oxygen atoms in total. The molecular formula is C13H19N. The summed E-state index contributed by atoms with van der Waals surface area (Å²) in [6, 6.07) is 9.06. The van der Waals surface area contributed by atoms with E-state index in [9.17, 15) is 0 Å². The van der Waals surface area contributed by atoms with E-state index in [0.29, 0.717) is 5.92 Å². The van der Waals surface area contributed by atoms with Crippen LogP contribution in [0, 0.1) is 5.92 Å². The predicted octanol–water partition coefficient (Wildman–Crippen LogP) is 2.87. The summed E-state index contributed by atoms with van der Waals surface area (Å²) in [5, 5.41) is 0. The van der Waals surface area contributed by atoms with Crippen molar-refractivity contribution in [2.45, 2.75) is 32.1 Å². The van der Waals surface area contributed by atoms with Crippen molar-refractivity contribution < 1.29 is 0 Å². The summed E-state index contributed by atoms with van der Waals surface area (Å²) < 4.78 is 0. The highest BCUT2D eigenvalue weighted by Crippen LogP contribution is 2.46. The fourth-order valence-corrected chi connectivity index (χ4v) is 2.04. The van der Waals surface area contributed by atoms with Gasteiger partial charge in [0.15, 0.2) is 0 Å². The Morgan fingerprint density at radius 3 is 2.36 bits per heavy atom. The average Bonchev–Trinajstić information content (AvgIpc) is 2.97. The lowest BCUT2D eigenvalue weighted by Crippen LogP contribution is -2.01. The smallest absolute Gasteiger partial charge is 0.00428 e. The molecule has 2 unspecified atom stereocenters. The third kappa shape index (κ3) is 1.83. The third-order valence-corrected chi connectivity index (χ3v) is 3.26. The average molecular weight is 189 g/mol. The van der Waals surface area contributed by atoms with Gasteiger partial charge in [0.25, 0.3) is 0 Å². The Balaban J connectivity index is 2.08. The van der Waals surface area contributed by atoms with Crippen LogP contribution in [0.3, 0.4) is 0 Å². The molecule has 2 N–H and O–H groups in total. The van der Waals surface area contributed by atoms with E-state index in [4.69, 9.17) is 5.73 Å². The maximum Gasteiger partial charge on any atom is -0.00428 e. The maximum atomic E-state index is 5.64.